The maximum absolute atomic E-state index is 13.0. The van der Waals surface area contributed by atoms with Crippen molar-refractivity contribution in [3.8, 4) is 91.2 Å². The van der Waals surface area contributed by atoms with Crippen LogP contribution in [0.5, 0.6) is 69.0 Å². The summed E-state index contributed by atoms with van der Waals surface area (Å²) in [5.41, 5.74) is 8.89. The molecule has 780 valence electrons. The van der Waals surface area contributed by atoms with Crippen molar-refractivity contribution >= 4 is 65.7 Å². The van der Waals surface area contributed by atoms with Crippen molar-refractivity contribution in [1.29, 1.82) is 0 Å². The summed E-state index contributed by atoms with van der Waals surface area (Å²) in [6.45, 7) is 45.3. The fourth-order valence-corrected chi connectivity index (χ4v) is 12.8. The van der Waals surface area contributed by atoms with Gasteiger partial charge in [0.15, 0.2) is 73.2 Å². The van der Waals surface area contributed by atoms with Crippen LogP contribution in [0, 0.1) is 54.4 Å². The van der Waals surface area contributed by atoms with Gasteiger partial charge in [0.25, 0.3) is 0 Å². The average Bonchev–Trinajstić information content (AvgIpc) is 1.13. The zero-order valence-electron chi connectivity index (χ0n) is 82.0. The van der Waals surface area contributed by atoms with Crippen molar-refractivity contribution in [2.24, 2.45) is 5.92 Å². The van der Waals surface area contributed by atoms with Crippen LogP contribution in [0.3, 0.4) is 0 Å². The molecular formula is C106H116O40. The Labute approximate surface area is 842 Å². The van der Waals surface area contributed by atoms with Gasteiger partial charge in [0.05, 0.1) is 56.9 Å². The summed E-state index contributed by atoms with van der Waals surface area (Å²) in [4.78, 5) is 127. The molecule has 6 unspecified atom stereocenters. The maximum Gasteiger partial charge on any atom is 0.343 e. The van der Waals surface area contributed by atoms with Crippen LogP contribution in [-0.2, 0) is 124 Å². The zero-order valence-corrected chi connectivity index (χ0v) is 82.0. The van der Waals surface area contributed by atoms with E-state index in [4.69, 9.17) is 137 Å². The van der Waals surface area contributed by atoms with Gasteiger partial charge in [0, 0.05) is 54.7 Å². The van der Waals surface area contributed by atoms with Gasteiger partial charge < -0.3 is 137 Å². The molecule has 40 nitrogen and oxygen atoms in total. The number of hydrogen-bond donors (Lipinski definition) is 0. The first-order valence-corrected chi connectivity index (χ1v) is 44.9. The molecule has 6 atom stereocenters. The molecule has 3 heterocycles. The van der Waals surface area contributed by atoms with Gasteiger partial charge in [-0.3, -0.25) is 0 Å². The number of benzene rings is 7. The largest absolute Gasteiger partial charge is 0.467 e. The smallest absolute Gasteiger partial charge is 0.343 e. The van der Waals surface area contributed by atoms with Crippen molar-refractivity contribution in [2.75, 3.05) is 121 Å². The first kappa shape index (κ1) is 115. The molecule has 0 spiro atoms. The Hall–Kier alpha value is -16.1. The molecule has 0 bridgehead atoms. The summed E-state index contributed by atoms with van der Waals surface area (Å²) in [7, 11) is 0. The third-order valence-corrected chi connectivity index (χ3v) is 20.4. The van der Waals surface area contributed by atoms with Crippen molar-refractivity contribution in [3.05, 3.63) is 267 Å². The monoisotopic (exact) mass is 2030 g/mol. The van der Waals surface area contributed by atoms with E-state index < -0.39 is 92.8 Å². The predicted molar refractivity (Wildman–Crippen MR) is 517 cm³/mol. The Morgan fingerprint density at radius 3 is 0.897 bits per heavy atom. The summed E-state index contributed by atoms with van der Waals surface area (Å²) in [6.07, 6.45) is 10.9. The van der Waals surface area contributed by atoms with Crippen LogP contribution in [0.2, 0.25) is 0 Å². The third kappa shape index (κ3) is 40.4. The highest BCUT2D eigenvalue weighted by Crippen LogP contribution is 2.42. The van der Waals surface area contributed by atoms with Crippen molar-refractivity contribution in [1.82, 2.24) is 0 Å². The summed E-state index contributed by atoms with van der Waals surface area (Å²) in [5, 5.41) is 0. The van der Waals surface area contributed by atoms with Crippen LogP contribution >= 0.6 is 0 Å². The predicted octanol–water partition coefficient (Wildman–Crippen LogP) is 14.7. The lowest BCUT2D eigenvalue weighted by Gasteiger charge is -2.33. The average molecular weight is 2030 g/mol. The molecule has 40 heteroatoms. The highest BCUT2D eigenvalue weighted by molar-refractivity contribution is 5.93. The van der Waals surface area contributed by atoms with Crippen LogP contribution in [0.25, 0.3) is 22.3 Å². The molecule has 1 saturated carbocycles. The van der Waals surface area contributed by atoms with Gasteiger partial charge in [-0.1, -0.05) is 78.3 Å². The van der Waals surface area contributed by atoms with Gasteiger partial charge >= 0.3 is 65.7 Å². The van der Waals surface area contributed by atoms with Crippen LogP contribution in [0.4, 0.5) is 0 Å². The molecule has 7 aromatic carbocycles. The van der Waals surface area contributed by atoms with Gasteiger partial charge in [0.1, 0.15) is 47.4 Å². The molecule has 3 saturated heterocycles. The van der Waals surface area contributed by atoms with Gasteiger partial charge in [0.2, 0.25) is 54.3 Å². The summed E-state index contributed by atoms with van der Waals surface area (Å²) in [6, 6.07) is 29.4. The summed E-state index contributed by atoms with van der Waals surface area (Å²) >= 11 is 0. The van der Waals surface area contributed by atoms with Crippen LogP contribution in [0.15, 0.2) is 217 Å². The van der Waals surface area contributed by atoms with Gasteiger partial charge in [-0.25, -0.2) is 52.7 Å². The second-order valence-corrected chi connectivity index (χ2v) is 31.3. The molecule has 1 aliphatic carbocycles. The first-order chi connectivity index (χ1) is 70.3. The Balaban J connectivity index is 0.000000238. The quantitative estimate of drug-likeness (QED) is 0.00650. The summed E-state index contributed by atoms with van der Waals surface area (Å²) in [5.74, 6) is -2.94. The van der Waals surface area contributed by atoms with E-state index in [1.165, 1.54) is 24.3 Å². The summed E-state index contributed by atoms with van der Waals surface area (Å²) < 4.78 is 154. The first-order valence-electron chi connectivity index (χ1n) is 44.9. The topological polar surface area (TPSA) is 465 Å². The second kappa shape index (κ2) is 61.0. The number of rotatable bonds is 57. The van der Waals surface area contributed by atoms with Crippen LogP contribution in [-0.4, -0.2) is 217 Å². The lowest BCUT2D eigenvalue weighted by Crippen LogP contribution is -2.35. The molecular weight excluding hydrogens is 1910 g/mol. The van der Waals surface area contributed by atoms with E-state index in [9.17, 15) is 52.7 Å². The fraction of sp³-hybridized carbons (Fsp3) is 0.330. The van der Waals surface area contributed by atoms with E-state index in [0.717, 1.165) is 119 Å². The fourth-order valence-electron chi connectivity index (χ4n) is 12.8. The highest BCUT2D eigenvalue weighted by atomic mass is 16.8. The lowest BCUT2D eigenvalue weighted by atomic mass is 9.86. The SMILES string of the molecule is C=CC(=O)OCOc1cc(C(=O)OC2CCC(OCOC(=O)C=C)C(C)C2)cc(C)c1OCOC(=O)C=C.C=CC(=O)OCOc1ccc(-c2cc(C)c(OCOC(=O)C=C)c(OCOC(=O)C=C)c2)cc1C.C=CC(=O)OCOc1ccc(OC(=O)c2cc(C)c(OCOC(=O)C=C)c(OCOC(=O)C=C)c2)cc1C.Cc1cc(-c2cc(C)c(OCOCC3CO3)c(OCOCC3CO3)c2)ccc1OCOCC1CO1. The normalized spacial score (nSPS) is 15.0. The van der Waals surface area contributed by atoms with Crippen molar-refractivity contribution in [3.63, 3.8) is 0 Å². The van der Waals surface area contributed by atoms with Crippen molar-refractivity contribution < 1.29 is 190 Å². The number of carbonyl (C=O) groups is 11. The lowest BCUT2D eigenvalue weighted by molar-refractivity contribution is -0.161. The number of epoxide rings is 3. The van der Waals surface area contributed by atoms with E-state index in [-0.39, 0.29) is 136 Å². The highest BCUT2D eigenvalue weighted by Gasteiger charge is 2.33. The van der Waals surface area contributed by atoms with Gasteiger partial charge in [-0.2, -0.15) is 0 Å². The number of hydrogen-bond acceptors (Lipinski definition) is 40. The molecule has 0 radical (unpaired) electrons. The molecule has 7 aromatic rings. The number of carbonyl (C=O) groups excluding carboxylic acids is 11. The van der Waals surface area contributed by atoms with E-state index >= 15 is 0 Å². The maximum atomic E-state index is 13.0. The molecule has 0 aromatic heterocycles. The van der Waals surface area contributed by atoms with Crippen molar-refractivity contribution in [2.45, 2.75) is 105 Å². The van der Waals surface area contributed by atoms with Gasteiger partial charge in [-0.05, 0) is 226 Å². The zero-order chi connectivity index (χ0) is 106. The van der Waals surface area contributed by atoms with Gasteiger partial charge in [-0.15, -0.1) is 0 Å². The standard InChI is InChI=1S/C27H32O11.C27H26O11.C26H32O9.C26H26O9/c2*1-6-23(28)34-14-32-21-10-9-20(12-17(21)4)38-27(31)19-11-18(5)26(37-16-36-25(30)8-3)22(13-19)33-15-35-24(29)7-2;1-17-5-19(3-4-24(17)33-14-27-8-21-11-30-21)20-6-18(2)26(35-16-29-10-23-13-32-23)25(7-20)34-15-28-9-22-12-31-22;1-6-23(27)32-14-30-21-10-9-19(11-17(21)4)20-12-18(5)26(35-16-34-25(29)8-3)22(13-20)31-15-33-24(28)7-2/h6-8,11,13,17,20-21H,1-3,9-10,12,14-16H2,4-5H3;6-13H,1-3,14-16H2,4-5H3;3-7,21-23H,8-16H2,1-2H3;6-13H,1-3,14-16H2,4-5H3. The Morgan fingerprint density at radius 2 is 0.568 bits per heavy atom. The number of esters is 11. The van der Waals surface area contributed by atoms with Crippen LogP contribution in [0.1, 0.15) is 85.8 Å². The molecule has 0 N–H and O–H groups in total. The number of ether oxygens (including phenoxy) is 29. The third-order valence-electron chi connectivity index (χ3n) is 20.4. The van der Waals surface area contributed by atoms with Crippen LogP contribution < -0.4 is 56.8 Å². The van der Waals surface area contributed by atoms with E-state index in [2.05, 4.69) is 71.3 Å². The Morgan fingerprint density at radius 1 is 0.295 bits per heavy atom. The molecule has 3 aliphatic heterocycles. The van der Waals surface area contributed by atoms with E-state index in [1.807, 2.05) is 64.1 Å². The Bertz CT molecular complexity index is 5760. The molecule has 0 amide bonds. The van der Waals surface area contributed by atoms with E-state index in [1.54, 1.807) is 58.0 Å². The molecule has 4 aliphatic rings. The minimum atomic E-state index is -0.723. The van der Waals surface area contributed by atoms with E-state index in [0.29, 0.717) is 90.1 Å². The molecule has 146 heavy (non-hydrogen) atoms. The second-order valence-electron chi connectivity index (χ2n) is 31.3. The minimum Gasteiger partial charge on any atom is -0.467 e. The Kier molecular flexibility index (Phi) is 48.1. The number of aryl methyl sites for hydroxylation is 7. The minimum absolute atomic E-state index is 0.0254. The molecule has 11 rings (SSSR count). The molecule has 4 fully saturated rings.